The molecule has 2 heteroatoms. The molecule has 0 radical (unpaired) electrons. The van der Waals surface area contributed by atoms with Crippen LogP contribution >= 0.6 is 0 Å². The van der Waals surface area contributed by atoms with Gasteiger partial charge in [0.15, 0.2) is 0 Å². The van der Waals surface area contributed by atoms with E-state index in [1.807, 2.05) is 0 Å². The first-order valence-electron chi connectivity index (χ1n) is 4.07. The minimum absolute atomic E-state index is 0.633. The highest BCUT2D eigenvalue weighted by molar-refractivity contribution is 4.85. The molecule has 0 aromatic heterocycles. The summed E-state index contributed by atoms with van der Waals surface area (Å²) in [6, 6.07) is 1.96. The minimum atomic E-state index is 0.633. The molecule has 3 atom stereocenters. The Labute approximate surface area is 63.6 Å². The molecular weight excluding hydrogens is 124 g/mol. The van der Waals surface area contributed by atoms with E-state index in [-0.39, 0.29) is 0 Å². The highest BCUT2D eigenvalue weighted by atomic mass is 15.2. The Hall–Kier alpha value is -0.0800. The molecular formula is C8H18N2. The average molecular weight is 142 g/mol. The van der Waals surface area contributed by atoms with Gasteiger partial charge in [-0.05, 0) is 27.8 Å². The van der Waals surface area contributed by atoms with Gasteiger partial charge in [-0.2, -0.15) is 0 Å². The first-order chi connectivity index (χ1) is 4.61. The zero-order valence-electron chi connectivity index (χ0n) is 7.39. The Morgan fingerprint density at radius 2 is 1.90 bits per heavy atom. The topological polar surface area (TPSA) is 15.3 Å². The Kier molecular flexibility index (Phi) is 2.32. The molecule has 1 fully saturated rings. The number of nitrogens with zero attached hydrogens (tertiary/aromatic N) is 1. The molecule has 1 heterocycles. The normalized spacial score (nSPS) is 43.8. The van der Waals surface area contributed by atoms with Crippen molar-refractivity contribution in [3.63, 3.8) is 0 Å². The second-order valence-electron chi connectivity index (χ2n) is 3.54. The summed E-state index contributed by atoms with van der Waals surface area (Å²) >= 11 is 0. The molecule has 1 saturated heterocycles. The zero-order chi connectivity index (χ0) is 7.72. The fourth-order valence-electron chi connectivity index (χ4n) is 1.62. The van der Waals surface area contributed by atoms with Crippen LogP contribution in [0.3, 0.4) is 0 Å². The van der Waals surface area contributed by atoms with Gasteiger partial charge in [0, 0.05) is 24.7 Å². The van der Waals surface area contributed by atoms with Crippen LogP contribution in [0, 0.1) is 0 Å². The largest absolute Gasteiger partial charge is 0.309 e. The first-order valence-corrected chi connectivity index (χ1v) is 4.07. The smallest absolute Gasteiger partial charge is 0.0216 e. The number of rotatable bonds is 0. The van der Waals surface area contributed by atoms with Crippen molar-refractivity contribution in [1.29, 1.82) is 0 Å². The van der Waals surface area contributed by atoms with Crippen molar-refractivity contribution >= 4 is 0 Å². The summed E-state index contributed by atoms with van der Waals surface area (Å²) in [6.45, 7) is 7.92. The molecule has 0 aromatic carbocycles. The lowest BCUT2D eigenvalue weighted by molar-refractivity contribution is 0.141. The fourth-order valence-corrected chi connectivity index (χ4v) is 1.62. The number of likely N-dealkylation sites (N-methyl/N-ethyl adjacent to an activating group) is 1. The second kappa shape index (κ2) is 2.89. The molecule has 1 N–H and O–H groups in total. The molecule has 0 spiro atoms. The second-order valence-corrected chi connectivity index (χ2v) is 3.54. The molecule has 10 heavy (non-hydrogen) atoms. The van der Waals surface area contributed by atoms with Crippen LogP contribution in [-0.2, 0) is 0 Å². The maximum absolute atomic E-state index is 3.52. The molecule has 0 aliphatic carbocycles. The van der Waals surface area contributed by atoms with Crippen molar-refractivity contribution in [1.82, 2.24) is 10.2 Å². The van der Waals surface area contributed by atoms with Crippen LogP contribution in [0.25, 0.3) is 0 Å². The molecule has 0 bridgehead atoms. The molecule has 2 nitrogen and oxygen atoms in total. The van der Waals surface area contributed by atoms with Gasteiger partial charge in [-0.25, -0.2) is 0 Å². The van der Waals surface area contributed by atoms with Gasteiger partial charge in [0.05, 0.1) is 0 Å². The molecule has 1 aliphatic heterocycles. The Bertz CT molecular complexity index is 102. The standard InChI is InChI=1S/C8H18N2/c1-6-5-10(4)8(3)7(2)9-6/h6-9H,5H2,1-4H3/t6-,7-,8-/m0/s1. The third-order valence-corrected chi connectivity index (χ3v) is 2.53. The minimum Gasteiger partial charge on any atom is -0.309 e. The van der Waals surface area contributed by atoms with Crippen LogP contribution in [0.5, 0.6) is 0 Å². The number of piperazine rings is 1. The quantitative estimate of drug-likeness (QED) is 0.535. The predicted molar refractivity (Wildman–Crippen MR) is 44.2 cm³/mol. The van der Waals surface area contributed by atoms with Crippen LogP contribution in [0.2, 0.25) is 0 Å². The lowest BCUT2D eigenvalue weighted by atomic mass is 10.1. The number of hydrogen-bond acceptors (Lipinski definition) is 2. The van der Waals surface area contributed by atoms with Crippen molar-refractivity contribution in [2.24, 2.45) is 0 Å². The summed E-state index contributed by atoms with van der Waals surface area (Å²) in [5.41, 5.74) is 0. The van der Waals surface area contributed by atoms with Crippen molar-refractivity contribution in [2.45, 2.75) is 38.9 Å². The lowest BCUT2D eigenvalue weighted by Gasteiger charge is -2.39. The van der Waals surface area contributed by atoms with Crippen LogP contribution in [0.15, 0.2) is 0 Å². The molecule has 60 valence electrons. The Morgan fingerprint density at radius 1 is 1.30 bits per heavy atom. The molecule has 0 unspecified atom stereocenters. The van der Waals surface area contributed by atoms with Crippen LogP contribution in [-0.4, -0.2) is 36.6 Å². The summed E-state index contributed by atoms with van der Waals surface area (Å²) in [4.78, 5) is 2.41. The van der Waals surface area contributed by atoms with Crippen LogP contribution in [0.4, 0.5) is 0 Å². The van der Waals surface area contributed by atoms with Crippen molar-refractivity contribution in [2.75, 3.05) is 13.6 Å². The summed E-state index contributed by atoms with van der Waals surface area (Å²) in [5.74, 6) is 0. The van der Waals surface area contributed by atoms with Gasteiger partial charge in [-0.3, -0.25) is 0 Å². The van der Waals surface area contributed by atoms with Crippen molar-refractivity contribution in [3.8, 4) is 0 Å². The number of hydrogen-bond donors (Lipinski definition) is 1. The highest BCUT2D eigenvalue weighted by Gasteiger charge is 2.24. The van der Waals surface area contributed by atoms with Crippen LogP contribution in [0.1, 0.15) is 20.8 Å². The monoisotopic (exact) mass is 142 g/mol. The van der Waals surface area contributed by atoms with E-state index in [2.05, 4.69) is 38.0 Å². The lowest BCUT2D eigenvalue weighted by Crippen LogP contribution is -2.57. The molecule has 1 aliphatic rings. The zero-order valence-corrected chi connectivity index (χ0v) is 7.39. The maximum atomic E-state index is 3.52. The average Bonchev–Trinajstić information content (AvgIpc) is 1.82. The molecule has 0 amide bonds. The van der Waals surface area contributed by atoms with Crippen molar-refractivity contribution in [3.05, 3.63) is 0 Å². The van der Waals surface area contributed by atoms with E-state index < -0.39 is 0 Å². The van der Waals surface area contributed by atoms with Gasteiger partial charge >= 0.3 is 0 Å². The van der Waals surface area contributed by atoms with Gasteiger partial charge in [0.1, 0.15) is 0 Å². The van der Waals surface area contributed by atoms with E-state index in [4.69, 9.17) is 0 Å². The third kappa shape index (κ3) is 1.50. The summed E-state index contributed by atoms with van der Waals surface area (Å²) < 4.78 is 0. The summed E-state index contributed by atoms with van der Waals surface area (Å²) in [5, 5.41) is 3.52. The molecule has 1 rings (SSSR count). The van der Waals surface area contributed by atoms with Gasteiger partial charge in [0.25, 0.3) is 0 Å². The van der Waals surface area contributed by atoms with Gasteiger partial charge in [0.2, 0.25) is 0 Å². The Morgan fingerprint density at radius 3 is 2.40 bits per heavy atom. The van der Waals surface area contributed by atoms with E-state index >= 15 is 0 Å². The van der Waals surface area contributed by atoms with E-state index in [0.29, 0.717) is 18.1 Å². The summed E-state index contributed by atoms with van der Waals surface area (Å²) in [6.07, 6.45) is 0. The van der Waals surface area contributed by atoms with E-state index in [1.165, 1.54) is 6.54 Å². The SMILES string of the molecule is C[C@@H]1N[C@@H](C)CN(C)[C@H]1C. The van der Waals surface area contributed by atoms with Gasteiger partial charge in [-0.1, -0.05) is 0 Å². The van der Waals surface area contributed by atoms with Gasteiger partial charge < -0.3 is 10.2 Å². The van der Waals surface area contributed by atoms with Gasteiger partial charge in [-0.15, -0.1) is 0 Å². The van der Waals surface area contributed by atoms with E-state index in [1.54, 1.807) is 0 Å². The fraction of sp³-hybridized carbons (Fsp3) is 1.00. The summed E-state index contributed by atoms with van der Waals surface area (Å²) in [7, 11) is 2.19. The molecule has 0 saturated carbocycles. The predicted octanol–water partition coefficient (Wildman–Crippen LogP) is 0.687. The van der Waals surface area contributed by atoms with Crippen molar-refractivity contribution < 1.29 is 0 Å². The number of nitrogens with one attached hydrogen (secondary N) is 1. The first kappa shape index (κ1) is 8.02. The van der Waals surface area contributed by atoms with Crippen LogP contribution < -0.4 is 5.32 Å². The molecule has 0 aromatic rings. The third-order valence-electron chi connectivity index (χ3n) is 2.53. The van der Waals surface area contributed by atoms with E-state index in [0.717, 1.165) is 0 Å². The maximum Gasteiger partial charge on any atom is 0.0216 e. The van der Waals surface area contributed by atoms with E-state index in [9.17, 15) is 0 Å². The highest BCUT2D eigenvalue weighted by Crippen LogP contribution is 2.08. The Balaban J connectivity index is 2.49.